The molecule has 0 spiro atoms. The zero-order valence-electron chi connectivity index (χ0n) is 7.89. The molecular weight excluding hydrogens is 126 g/mol. The molecule has 0 rings (SSSR count). The lowest BCUT2D eigenvalue weighted by atomic mass is 10.1. The van der Waals surface area contributed by atoms with Gasteiger partial charge in [-0.1, -0.05) is 27.7 Å². The van der Waals surface area contributed by atoms with Crippen molar-refractivity contribution in [3.63, 3.8) is 0 Å². The lowest BCUT2D eigenvalue weighted by Crippen LogP contribution is -2.15. The van der Waals surface area contributed by atoms with Gasteiger partial charge in [-0.15, -0.1) is 0 Å². The molecule has 0 bridgehead atoms. The van der Waals surface area contributed by atoms with Gasteiger partial charge >= 0.3 is 0 Å². The molecule has 64 valence electrons. The molecule has 0 unspecified atom stereocenters. The second-order valence-corrected chi connectivity index (χ2v) is 2.56. The summed E-state index contributed by atoms with van der Waals surface area (Å²) in [6, 6.07) is 0. The van der Waals surface area contributed by atoms with Crippen LogP contribution in [0.3, 0.4) is 0 Å². The topological polar surface area (TPSA) is 23.5 Å². The molecule has 0 atom stereocenters. The van der Waals surface area contributed by atoms with Crippen LogP contribution in [0.15, 0.2) is 0 Å². The fraction of sp³-hybridized carbons (Fsp3) is 1.00. The quantitative estimate of drug-likeness (QED) is 0.619. The monoisotopic (exact) mass is 147 g/mol. The third-order valence-corrected chi connectivity index (χ3v) is 1.03. The summed E-state index contributed by atoms with van der Waals surface area (Å²) in [5.74, 6) is 0.685. The van der Waals surface area contributed by atoms with Crippen LogP contribution in [0, 0.1) is 5.92 Å². The highest BCUT2D eigenvalue weighted by atomic mass is 16.5. The van der Waals surface area contributed by atoms with Crippen LogP contribution in [0.5, 0.6) is 0 Å². The predicted octanol–water partition coefficient (Wildman–Crippen LogP) is 2.38. The van der Waals surface area contributed by atoms with E-state index in [1.807, 2.05) is 13.8 Å². The molecule has 10 heavy (non-hydrogen) atoms. The molecule has 2 heteroatoms. The van der Waals surface area contributed by atoms with Gasteiger partial charge in [0.1, 0.15) is 0 Å². The minimum Gasteiger partial charge on any atom is -0.314 e. The molecule has 2 nitrogen and oxygen atoms in total. The van der Waals surface area contributed by atoms with Gasteiger partial charge in [-0.2, -0.15) is 5.06 Å². The zero-order valence-corrected chi connectivity index (χ0v) is 7.89. The first-order valence-corrected chi connectivity index (χ1v) is 4.03. The number of rotatable bonds is 3. The molecule has 0 aliphatic heterocycles. The molecule has 0 saturated heterocycles. The zero-order chi connectivity index (χ0) is 8.57. The third-order valence-electron chi connectivity index (χ3n) is 1.03. The van der Waals surface area contributed by atoms with Gasteiger partial charge in [-0.05, 0) is 12.3 Å². The molecule has 0 saturated carbocycles. The Morgan fingerprint density at radius 3 is 1.80 bits per heavy atom. The first-order valence-electron chi connectivity index (χ1n) is 4.03. The van der Waals surface area contributed by atoms with Crippen LogP contribution in [0.2, 0.25) is 0 Å². The van der Waals surface area contributed by atoms with Gasteiger partial charge in [0.25, 0.3) is 0 Å². The molecular formula is C8H21NO. The van der Waals surface area contributed by atoms with Gasteiger partial charge in [-0.3, -0.25) is 0 Å². The second kappa shape index (κ2) is 8.92. The van der Waals surface area contributed by atoms with Crippen molar-refractivity contribution in [1.82, 2.24) is 5.06 Å². The summed E-state index contributed by atoms with van der Waals surface area (Å²) < 4.78 is 0. The largest absolute Gasteiger partial charge is 0.314 e. The Hall–Kier alpha value is -0.0800. The highest BCUT2D eigenvalue weighted by Gasteiger charge is 1.94. The molecule has 0 radical (unpaired) electrons. The van der Waals surface area contributed by atoms with Crippen LogP contribution < -0.4 is 0 Å². The fourth-order valence-corrected chi connectivity index (χ4v) is 0.445. The Kier molecular flexibility index (Phi) is 11.2. The summed E-state index contributed by atoms with van der Waals surface area (Å²) >= 11 is 0. The molecule has 0 aliphatic carbocycles. The first-order chi connectivity index (χ1) is 4.63. The van der Waals surface area contributed by atoms with E-state index in [0.29, 0.717) is 5.92 Å². The number of hydroxylamine groups is 2. The van der Waals surface area contributed by atoms with Crippen molar-refractivity contribution in [1.29, 1.82) is 0 Å². The maximum atomic E-state index is 8.63. The van der Waals surface area contributed by atoms with Crippen molar-refractivity contribution >= 4 is 0 Å². The average Bonchev–Trinajstić information content (AvgIpc) is 1.89. The van der Waals surface area contributed by atoms with E-state index in [4.69, 9.17) is 5.21 Å². The minimum absolute atomic E-state index is 0.685. The molecule has 0 aromatic heterocycles. The van der Waals surface area contributed by atoms with Crippen LogP contribution in [0.1, 0.15) is 34.1 Å². The van der Waals surface area contributed by atoms with Crippen LogP contribution in [-0.2, 0) is 0 Å². The van der Waals surface area contributed by atoms with Gasteiger partial charge in [-0.25, -0.2) is 0 Å². The summed E-state index contributed by atoms with van der Waals surface area (Å²) in [6.45, 7) is 9.06. The van der Waals surface area contributed by atoms with Gasteiger partial charge in [0.2, 0.25) is 0 Å². The molecule has 0 aromatic carbocycles. The van der Waals surface area contributed by atoms with E-state index in [1.165, 1.54) is 5.06 Å². The Morgan fingerprint density at radius 2 is 1.70 bits per heavy atom. The van der Waals surface area contributed by atoms with Crippen LogP contribution in [0.4, 0.5) is 0 Å². The van der Waals surface area contributed by atoms with E-state index in [-0.39, 0.29) is 0 Å². The van der Waals surface area contributed by atoms with Crippen molar-refractivity contribution in [2.24, 2.45) is 5.92 Å². The van der Waals surface area contributed by atoms with Gasteiger partial charge in [0, 0.05) is 13.6 Å². The van der Waals surface area contributed by atoms with Crippen LogP contribution in [0.25, 0.3) is 0 Å². The van der Waals surface area contributed by atoms with Crippen molar-refractivity contribution in [2.75, 3.05) is 13.6 Å². The standard InChI is InChI=1S/C6H15NO.C2H6/c1-6(2)4-5-7(3)8;1-2/h6,8H,4-5H2,1-3H3;1-2H3. The maximum Gasteiger partial charge on any atom is 0.0237 e. The van der Waals surface area contributed by atoms with Crippen molar-refractivity contribution < 1.29 is 5.21 Å². The number of nitrogens with zero attached hydrogens (tertiary/aromatic N) is 1. The maximum absolute atomic E-state index is 8.63. The molecule has 0 heterocycles. The number of hydrogen-bond acceptors (Lipinski definition) is 2. The average molecular weight is 147 g/mol. The SMILES string of the molecule is CC.CC(C)CCN(C)O. The second-order valence-electron chi connectivity index (χ2n) is 2.56. The fourth-order valence-electron chi connectivity index (χ4n) is 0.445. The Bertz CT molecular complexity index is 45.2. The molecule has 0 fully saturated rings. The summed E-state index contributed by atoms with van der Waals surface area (Å²) in [5.41, 5.74) is 0. The lowest BCUT2D eigenvalue weighted by Gasteiger charge is -2.08. The molecule has 0 aliphatic rings. The van der Waals surface area contributed by atoms with Crippen molar-refractivity contribution in [3.8, 4) is 0 Å². The Labute approximate surface area is 64.8 Å². The minimum atomic E-state index is 0.685. The van der Waals surface area contributed by atoms with E-state index < -0.39 is 0 Å². The van der Waals surface area contributed by atoms with Crippen LogP contribution >= 0.6 is 0 Å². The lowest BCUT2D eigenvalue weighted by molar-refractivity contribution is -0.0673. The van der Waals surface area contributed by atoms with E-state index in [9.17, 15) is 0 Å². The summed E-state index contributed by atoms with van der Waals surface area (Å²) in [4.78, 5) is 0. The summed E-state index contributed by atoms with van der Waals surface area (Å²) in [7, 11) is 1.67. The van der Waals surface area contributed by atoms with Gasteiger partial charge in [0.15, 0.2) is 0 Å². The highest BCUT2D eigenvalue weighted by Crippen LogP contribution is 1.98. The van der Waals surface area contributed by atoms with Crippen LogP contribution in [-0.4, -0.2) is 23.9 Å². The van der Waals surface area contributed by atoms with E-state index in [0.717, 1.165) is 13.0 Å². The molecule has 0 aromatic rings. The Morgan fingerprint density at radius 1 is 1.30 bits per heavy atom. The van der Waals surface area contributed by atoms with E-state index in [2.05, 4.69) is 13.8 Å². The smallest absolute Gasteiger partial charge is 0.0237 e. The van der Waals surface area contributed by atoms with E-state index >= 15 is 0 Å². The van der Waals surface area contributed by atoms with Crippen molar-refractivity contribution in [3.05, 3.63) is 0 Å². The summed E-state index contributed by atoms with van der Waals surface area (Å²) in [5, 5.41) is 9.86. The predicted molar refractivity (Wildman–Crippen MR) is 45.2 cm³/mol. The highest BCUT2D eigenvalue weighted by molar-refractivity contribution is 4.44. The normalized spacial score (nSPS) is 9.60. The first kappa shape index (κ1) is 12.6. The van der Waals surface area contributed by atoms with Gasteiger partial charge < -0.3 is 5.21 Å². The Balaban J connectivity index is 0. The number of hydrogen-bond donors (Lipinski definition) is 1. The molecule has 0 amide bonds. The summed E-state index contributed by atoms with van der Waals surface area (Å²) in [6.07, 6.45) is 1.06. The van der Waals surface area contributed by atoms with Crippen molar-refractivity contribution in [2.45, 2.75) is 34.1 Å². The molecule has 1 N–H and O–H groups in total. The third kappa shape index (κ3) is 15.7. The van der Waals surface area contributed by atoms with Gasteiger partial charge in [0.05, 0.1) is 0 Å². The van der Waals surface area contributed by atoms with E-state index in [1.54, 1.807) is 7.05 Å².